The first-order valence-corrected chi connectivity index (χ1v) is 6.97. The zero-order chi connectivity index (χ0) is 9.23. The Hall–Kier alpha value is -0.123. The van der Waals surface area contributed by atoms with Crippen LogP contribution in [0.4, 0.5) is 0 Å². The summed E-state index contributed by atoms with van der Waals surface area (Å²) in [6.45, 7) is 10.2. The molecule has 1 unspecified atom stereocenters. The van der Waals surface area contributed by atoms with Crippen LogP contribution in [0, 0.1) is 0 Å². The largest absolute Gasteiger partial charge is 0.324 e. The average molecular weight is 186 g/mol. The molecule has 12 heavy (non-hydrogen) atoms. The molecule has 0 amide bonds. The topological polar surface area (TPSA) is 24.1 Å². The van der Waals surface area contributed by atoms with Crippen LogP contribution in [0.3, 0.4) is 0 Å². The van der Waals surface area contributed by atoms with Gasteiger partial charge >= 0.3 is 0 Å². The minimum Gasteiger partial charge on any atom is -0.324 e. The van der Waals surface area contributed by atoms with Crippen LogP contribution in [-0.2, 0) is 0 Å². The van der Waals surface area contributed by atoms with Crippen LogP contribution in [0.5, 0.6) is 0 Å². The summed E-state index contributed by atoms with van der Waals surface area (Å²) < 4.78 is 0. The molecule has 0 radical (unpaired) electrons. The van der Waals surface area contributed by atoms with Crippen LogP contribution >= 0.6 is 0 Å². The molecule has 0 fully saturated rings. The highest BCUT2D eigenvalue weighted by Crippen LogP contribution is 1.98. The number of nitrogens with one attached hydrogen (secondary N) is 2. The lowest BCUT2D eigenvalue weighted by Gasteiger charge is -2.12. The van der Waals surface area contributed by atoms with Crippen LogP contribution in [0.1, 0.15) is 26.7 Å². The van der Waals surface area contributed by atoms with Gasteiger partial charge < -0.3 is 10.3 Å². The van der Waals surface area contributed by atoms with Crippen molar-refractivity contribution < 1.29 is 0 Å². The lowest BCUT2D eigenvalue weighted by molar-refractivity contribution is 0.696. The molecule has 0 aliphatic rings. The first-order valence-electron chi connectivity index (χ1n) is 4.91. The maximum Gasteiger partial charge on any atom is 0.134 e. The van der Waals surface area contributed by atoms with Crippen molar-refractivity contribution in [2.24, 2.45) is 0 Å². The zero-order valence-electron chi connectivity index (χ0n) is 8.40. The van der Waals surface area contributed by atoms with Gasteiger partial charge in [0.25, 0.3) is 0 Å². The molecule has 0 aromatic heterocycles. The van der Waals surface area contributed by atoms with Gasteiger partial charge in [-0.05, 0) is 12.6 Å². The molecular formula is C9H22N2Si. The normalized spacial score (nSPS) is 12.8. The highest BCUT2D eigenvalue weighted by atomic mass is 28.3. The molecule has 72 valence electrons. The van der Waals surface area contributed by atoms with Gasteiger partial charge in [-0.2, -0.15) is 0 Å². The second-order valence-corrected chi connectivity index (χ2v) is 5.64. The summed E-state index contributed by atoms with van der Waals surface area (Å²) in [5.41, 5.74) is 2.13. The predicted octanol–water partition coefficient (Wildman–Crippen LogP) is 1.39. The van der Waals surface area contributed by atoms with E-state index in [2.05, 4.69) is 36.4 Å². The van der Waals surface area contributed by atoms with E-state index in [9.17, 15) is 0 Å². The summed E-state index contributed by atoms with van der Waals surface area (Å²) in [7, 11) is -0.811. The van der Waals surface area contributed by atoms with Crippen molar-refractivity contribution in [1.29, 1.82) is 0 Å². The summed E-state index contributed by atoms with van der Waals surface area (Å²) in [4.78, 5) is 3.51. The maximum atomic E-state index is 3.86. The third-order valence-corrected chi connectivity index (χ3v) is 4.22. The average Bonchev–Trinajstić information content (AvgIpc) is 2.11. The molecule has 0 heterocycles. The third-order valence-electron chi connectivity index (χ3n) is 1.89. The zero-order valence-corrected chi connectivity index (χ0v) is 9.55. The lowest BCUT2D eigenvalue weighted by Crippen LogP contribution is -2.39. The first kappa shape index (κ1) is 11.9. The molecule has 3 heteroatoms. The highest BCUT2D eigenvalue weighted by Gasteiger charge is 2.02. The number of rotatable bonds is 8. The lowest BCUT2D eigenvalue weighted by atomic mass is 10.4. The van der Waals surface area contributed by atoms with Gasteiger partial charge in [0.1, 0.15) is 8.96 Å². The molecule has 0 aromatic carbocycles. The molecule has 0 rings (SSSR count). The molecule has 0 aromatic rings. The quantitative estimate of drug-likeness (QED) is 0.340. The van der Waals surface area contributed by atoms with Crippen LogP contribution in [0.25, 0.3) is 0 Å². The fourth-order valence-corrected chi connectivity index (χ4v) is 2.92. The van der Waals surface area contributed by atoms with Crippen molar-refractivity contribution in [3.63, 3.8) is 0 Å². The SMILES string of the molecule is C=C[SiH](CCCC)NCNCC. The first-order chi connectivity index (χ1) is 5.85. The molecule has 2 N–H and O–H groups in total. The van der Waals surface area contributed by atoms with E-state index in [4.69, 9.17) is 0 Å². The Kier molecular flexibility index (Phi) is 8.88. The summed E-state index contributed by atoms with van der Waals surface area (Å²) in [6, 6.07) is 1.34. The molecular weight excluding hydrogens is 164 g/mol. The van der Waals surface area contributed by atoms with E-state index in [0.717, 1.165) is 13.2 Å². The molecule has 2 nitrogen and oxygen atoms in total. The van der Waals surface area contributed by atoms with E-state index in [1.807, 2.05) is 0 Å². The Balaban J connectivity index is 3.32. The van der Waals surface area contributed by atoms with Gasteiger partial charge in [0.2, 0.25) is 0 Å². The Bertz CT molecular complexity index is 107. The third kappa shape index (κ3) is 6.58. The second kappa shape index (κ2) is 8.97. The van der Waals surface area contributed by atoms with Gasteiger partial charge in [0.05, 0.1) is 0 Å². The molecule has 0 spiro atoms. The van der Waals surface area contributed by atoms with E-state index in [0.29, 0.717) is 0 Å². The van der Waals surface area contributed by atoms with Crippen molar-refractivity contribution in [3.05, 3.63) is 12.3 Å². The second-order valence-electron chi connectivity index (χ2n) is 2.97. The minimum absolute atomic E-state index is 0.811. The van der Waals surface area contributed by atoms with Gasteiger partial charge in [0, 0.05) is 6.67 Å². The van der Waals surface area contributed by atoms with E-state index in [1.165, 1.54) is 18.9 Å². The van der Waals surface area contributed by atoms with Crippen molar-refractivity contribution >= 4 is 8.96 Å². The monoisotopic (exact) mass is 186 g/mol. The summed E-state index contributed by atoms with van der Waals surface area (Å²) in [5.74, 6) is 0. The summed E-state index contributed by atoms with van der Waals surface area (Å²) in [6.07, 6.45) is 2.63. The molecule has 0 saturated carbocycles. The van der Waals surface area contributed by atoms with Gasteiger partial charge in [-0.15, -0.1) is 6.58 Å². The molecule has 0 aliphatic heterocycles. The van der Waals surface area contributed by atoms with Crippen molar-refractivity contribution in [2.75, 3.05) is 13.2 Å². The van der Waals surface area contributed by atoms with E-state index in [-0.39, 0.29) is 0 Å². The van der Waals surface area contributed by atoms with Crippen LogP contribution < -0.4 is 10.3 Å². The number of hydrogen-bond acceptors (Lipinski definition) is 2. The smallest absolute Gasteiger partial charge is 0.134 e. The van der Waals surface area contributed by atoms with Crippen molar-refractivity contribution in [2.45, 2.75) is 32.7 Å². The van der Waals surface area contributed by atoms with Crippen LogP contribution in [-0.4, -0.2) is 22.2 Å². The molecule has 1 atom stereocenters. The standard InChI is InChI=1S/C9H22N2Si/c1-4-7-8-12(6-3)11-9-10-5-2/h6,10-12H,3-5,7-9H2,1-2H3. The summed E-state index contributed by atoms with van der Waals surface area (Å²) in [5, 5.41) is 3.27. The Labute approximate surface area is 78.1 Å². The Morgan fingerprint density at radius 1 is 1.42 bits per heavy atom. The molecule has 0 saturated heterocycles. The van der Waals surface area contributed by atoms with Crippen molar-refractivity contribution in [3.8, 4) is 0 Å². The van der Waals surface area contributed by atoms with E-state index in [1.54, 1.807) is 0 Å². The number of hydrogen-bond donors (Lipinski definition) is 2. The number of unbranched alkanes of at least 4 members (excludes halogenated alkanes) is 1. The summed E-state index contributed by atoms with van der Waals surface area (Å²) >= 11 is 0. The van der Waals surface area contributed by atoms with Gasteiger partial charge in [-0.1, -0.05) is 32.4 Å². The fraction of sp³-hybridized carbons (Fsp3) is 0.778. The van der Waals surface area contributed by atoms with Gasteiger partial charge in [-0.3, -0.25) is 0 Å². The van der Waals surface area contributed by atoms with E-state index >= 15 is 0 Å². The van der Waals surface area contributed by atoms with Gasteiger partial charge in [-0.25, -0.2) is 0 Å². The Morgan fingerprint density at radius 3 is 2.67 bits per heavy atom. The fourth-order valence-electron chi connectivity index (χ4n) is 1.06. The van der Waals surface area contributed by atoms with Crippen molar-refractivity contribution in [1.82, 2.24) is 10.3 Å². The van der Waals surface area contributed by atoms with Crippen LogP contribution in [0.2, 0.25) is 6.04 Å². The van der Waals surface area contributed by atoms with Gasteiger partial charge in [0.15, 0.2) is 0 Å². The van der Waals surface area contributed by atoms with E-state index < -0.39 is 8.96 Å². The predicted molar refractivity (Wildman–Crippen MR) is 58.7 cm³/mol. The maximum absolute atomic E-state index is 3.86. The molecule has 0 aliphatic carbocycles. The minimum atomic E-state index is -0.811. The highest BCUT2D eigenvalue weighted by molar-refractivity contribution is 6.61. The van der Waals surface area contributed by atoms with Crippen LogP contribution in [0.15, 0.2) is 12.3 Å². The molecule has 0 bridgehead atoms. The Morgan fingerprint density at radius 2 is 2.17 bits per heavy atom.